The molecule has 0 aliphatic carbocycles. The second-order valence-electron chi connectivity index (χ2n) is 2.48. The topological polar surface area (TPSA) is 47.5 Å². The molecule has 0 bridgehead atoms. The summed E-state index contributed by atoms with van der Waals surface area (Å²) in [6.07, 6.45) is 3.28. The average molecular weight is 162 g/mol. The van der Waals surface area contributed by atoms with Gasteiger partial charge >= 0.3 is 0 Å². The number of nitro groups is 1. The van der Waals surface area contributed by atoms with Crippen LogP contribution >= 0.6 is 0 Å². The highest BCUT2D eigenvalue weighted by Gasteiger charge is 2.04. The Balaban J connectivity index is 2.68. The third-order valence-electron chi connectivity index (χ3n) is 1.72. The lowest BCUT2D eigenvalue weighted by Gasteiger charge is -1.93. The molecule has 0 atom stereocenters. The summed E-state index contributed by atoms with van der Waals surface area (Å²) < 4.78 is 1.72. The summed E-state index contributed by atoms with van der Waals surface area (Å²) >= 11 is 0. The zero-order valence-electron chi connectivity index (χ0n) is 6.18. The maximum absolute atomic E-state index is 10.4. The number of hydrogen-bond donors (Lipinski definition) is 0. The van der Waals surface area contributed by atoms with E-state index < -0.39 is 4.92 Å². The zero-order valence-corrected chi connectivity index (χ0v) is 6.18. The van der Waals surface area contributed by atoms with Gasteiger partial charge in [0.2, 0.25) is 0 Å². The van der Waals surface area contributed by atoms with Crippen LogP contribution in [0.15, 0.2) is 36.7 Å². The Bertz CT molecular complexity index is 433. The van der Waals surface area contributed by atoms with Gasteiger partial charge in [0.15, 0.2) is 0 Å². The quantitative estimate of drug-likeness (QED) is 0.474. The van der Waals surface area contributed by atoms with Crippen LogP contribution in [-0.4, -0.2) is 9.32 Å². The Hall–Kier alpha value is -1.84. The van der Waals surface area contributed by atoms with E-state index in [1.807, 2.05) is 12.1 Å². The lowest BCUT2D eigenvalue weighted by molar-refractivity contribution is -0.385. The standard InChI is InChI=1S/C8H6N2O2/c11-10(12)8-4-3-7-2-1-5-9(7)6-8/h1-6H. The Morgan fingerprint density at radius 1 is 1.33 bits per heavy atom. The molecule has 0 N–H and O–H groups in total. The predicted molar refractivity (Wildman–Crippen MR) is 44.1 cm³/mol. The van der Waals surface area contributed by atoms with Crippen LogP contribution in [0.1, 0.15) is 0 Å². The highest BCUT2D eigenvalue weighted by molar-refractivity contribution is 5.50. The smallest absolute Gasteiger partial charge is 0.285 e. The SMILES string of the molecule is O=[N+]([O-])c1ccc2cccn2c1. The molecule has 0 spiro atoms. The molecule has 0 fully saturated rings. The van der Waals surface area contributed by atoms with E-state index in [0.29, 0.717) is 0 Å². The molecule has 4 heteroatoms. The molecule has 60 valence electrons. The minimum atomic E-state index is -0.403. The molecule has 12 heavy (non-hydrogen) atoms. The van der Waals surface area contributed by atoms with Crippen LogP contribution in [0.25, 0.3) is 5.52 Å². The fraction of sp³-hybridized carbons (Fsp3) is 0. The van der Waals surface area contributed by atoms with Crippen molar-refractivity contribution in [1.82, 2.24) is 4.40 Å². The number of aromatic nitrogens is 1. The summed E-state index contributed by atoms with van der Waals surface area (Å²) in [5.74, 6) is 0. The van der Waals surface area contributed by atoms with E-state index in [0.717, 1.165) is 5.52 Å². The van der Waals surface area contributed by atoms with Gasteiger partial charge in [-0.05, 0) is 18.2 Å². The van der Waals surface area contributed by atoms with Crippen LogP contribution in [-0.2, 0) is 0 Å². The summed E-state index contributed by atoms with van der Waals surface area (Å²) in [5.41, 5.74) is 1.07. The van der Waals surface area contributed by atoms with Crippen LogP contribution in [0.2, 0.25) is 0 Å². The second-order valence-corrected chi connectivity index (χ2v) is 2.48. The van der Waals surface area contributed by atoms with E-state index in [2.05, 4.69) is 0 Å². The summed E-state index contributed by atoms with van der Waals surface area (Å²) in [6.45, 7) is 0. The number of pyridine rings is 1. The van der Waals surface area contributed by atoms with Gasteiger partial charge in [-0.25, -0.2) is 0 Å². The first-order valence-corrected chi connectivity index (χ1v) is 3.48. The van der Waals surface area contributed by atoms with Gasteiger partial charge in [-0.1, -0.05) is 0 Å². The molecule has 0 aliphatic heterocycles. The van der Waals surface area contributed by atoms with E-state index in [-0.39, 0.29) is 5.69 Å². The van der Waals surface area contributed by atoms with Crippen molar-refractivity contribution in [3.63, 3.8) is 0 Å². The van der Waals surface area contributed by atoms with Crippen molar-refractivity contribution in [2.75, 3.05) is 0 Å². The molecule has 2 rings (SSSR count). The lowest BCUT2D eigenvalue weighted by atomic mass is 10.4. The fourth-order valence-electron chi connectivity index (χ4n) is 1.13. The molecule has 0 aromatic carbocycles. The lowest BCUT2D eigenvalue weighted by Crippen LogP contribution is -1.90. The number of fused-ring (bicyclic) bond motifs is 1. The van der Waals surface area contributed by atoms with Crippen LogP contribution in [0.3, 0.4) is 0 Å². The van der Waals surface area contributed by atoms with Crippen molar-refractivity contribution in [2.45, 2.75) is 0 Å². The van der Waals surface area contributed by atoms with Crippen molar-refractivity contribution in [1.29, 1.82) is 0 Å². The molecular formula is C8H6N2O2. The Morgan fingerprint density at radius 3 is 2.92 bits per heavy atom. The maximum Gasteiger partial charge on any atom is 0.285 e. The monoisotopic (exact) mass is 162 g/mol. The number of nitrogens with zero attached hydrogens (tertiary/aromatic N) is 2. The van der Waals surface area contributed by atoms with Crippen molar-refractivity contribution in [3.8, 4) is 0 Å². The molecule has 4 nitrogen and oxygen atoms in total. The van der Waals surface area contributed by atoms with Crippen LogP contribution < -0.4 is 0 Å². The first kappa shape index (κ1) is 6.84. The molecule has 2 heterocycles. The number of hydrogen-bond acceptors (Lipinski definition) is 2. The third kappa shape index (κ3) is 0.934. The average Bonchev–Trinajstić information content (AvgIpc) is 2.49. The maximum atomic E-state index is 10.4. The molecule has 2 aromatic heterocycles. The molecule has 0 saturated carbocycles. The molecule has 0 saturated heterocycles. The van der Waals surface area contributed by atoms with Gasteiger partial charge in [-0.3, -0.25) is 10.1 Å². The normalized spacial score (nSPS) is 10.3. The summed E-state index contributed by atoms with van der Waals surface area (Å²) in [7, 11) is 0. The zero-order chi connectivity index (χ0) is 8.55. The van der Waals surface area contributed by atoms with Gasteiger partial charge in [-0.2, -0.15) is 0 Å². The highest BCUT2D eigenvalue weighted by Crippen LogP contribution is 2.13. The van der Waals surface area contributed by atoms with Gasteiger partial charge in [0.1, 0.15) is 0 Å². The summed E-state index contributed by atoms with van der Waals surface area (Å²) in [6, 6.07) is 6.95. The van der Waals surface area contributed by atoms with E-state index >= 15 is 0 Å². The molecule has 0 unspecified atom stereocenters. The fourth-order valence-corrected chi connectivity index (χ4v) is 1.13. The minimum Gasteiger partial charge on any atom is -0.317 e. The van der Waals surface area contributed by atoms with Crippen molar-refractivity contribution >= 4 is 11.2 Å². The first-order chi connectivity index (χ1) is 5.77. The molecule has 0 aliphatic rings. The highest BCUT2D eigenvalue weighted by atomic mass is 16.6. The summed E-state index contributed by atoms with van der Waals surface area (Å²) in [5, 5.41) is 10.4. The largest absolute Gasteiger partial charge is 0.317 e. The van der Waals surface area contributed by atoms with E-state index in [9.17, 15) is 10.1 Å². The minimum absolute atomic E-state index is 0.110. The van der Waals surface area contributed by atoms with Gasteiger partial charge in [-0.15, -0.1) is 0 Å². The van der Waals surface area contributed by atoms with Gasteiger partial charge in [0.25, 0.3) is 5.69 Å². The summed E-state index contributed by atoms with van der Waals surface area (Å²) in [4.78, 5) is 9.96. The third-order valence-corrected chi connectivity index (χ3v) is 1.72. The van der Waals surface area contributed by atoms with Crippen molar-refractivity contribution < 1.29 is 4.92 Å². The van der Waals surface area contributed by atoms with E-state index in [4.69, 9.17) is 0 Å². The van der Waals surface area contributed by atoms with E-state index in [1.54, 1.807) is 16.7 Å². The van der Waals surface area contributed by atoms with Gasteiger partial charge in [0.05, 0.1) is 11.1 Å². The van der Waals surface area contributed by atoms with E-state index in [1.165, 1.54) is 12.3 Å². The van der Waals surface area contributed by atoms with Crippen molar-refractivity contribution in [2.24, 2.45) is 0 Å². The Labute approximate surface area is 68.2 Å². The van der Waals surface area contributed by atoms with Crippen LogP contribution in [0, 0.1) is 10.1 Å². The van der Waals surface area contributed by atoms with Crippen LogP contribution in [0.5, 0.6) is 0 Å². The molecule has 0 radical (unpaired) electrons. The molecular weight excluding hydrogens is 156 g/mol. The number of rotatable bonds is 1. The van der Waals surface area contributed by atoms with Gasteiger partial charge < -0.3 is 4.40 Å². The van der Waals surface area contributed by atoms with Crippen LogP contribution in [0.4, 0.5) is 5.69 Å². The first-order valence-electron chi connectivity index (χ1n) is 3.48. The predicted octanol–water partition coefficient (Wildman–Crippen LogP) is 1.85. The van der Waals surface area contributed by atoms with Gasteiger partial charge in [0, 0.05) is 17.8 Å². The molecule has 2 aromatic rings. The van der Waals surface area contributed by atoms with Crippen molar-refractivity contribution in [3.05, 3.63) is 46.8 Å². The molecule has 0 amide bonds. The Morgan fingerprint density at radius 2 is 2.17 bits per heavy atom. The Kier molecular flexibility index (Phi) is 1.33. The second kappa shape index (κ2) is 2.34.